The third-order valence-corrected chi connectivity index (χ3v) is 3.52. The Bertz CT molecular complexity index is 620. The summed E-state index contributed by atoms with van der Waals surface area (Å²) in [6.45, 7) is 1.88. The van der Waals surface area contributed by atoms with Crippen LogP contribution in [0.1, 0.15) is 5.56 Å². The van der Waals surface area contributed by atoms with Gasteiger partial charge in [0.15, 0.2) is 0 Å². The monoisotopic (exact) mass is 364 g/mol. The van der Waals surface area contributed by atoms with Crippen LogP contribution in [0.5, 0.6) is 11.5 Å². The standard InChI is InChI=1S/C19H24N2O3.ClH/c1-20-14-19(22)21(2)12-13-23-17-8-10-18(11-9-17)24-15-16-6-4-3-5-7-16;/h3-11,20H,12-15H2,1-2H3;1H. The van der Waals surface area contributed by atoms with Crippen molar-refractivity contribution < 1.29 is 14.3 Å². The molecule has 0 fully saturated rings. The lowest BCUT2D eigenvalue weighted by Gasteiger charge is -2.17. The number of ether oxygens (including phenoxy) is 2. The summed E-state index contributed by atoms with van der Waals surface area (Å²) in [7, 11) is 3.52. The first-order valence-corrected chi connectivity index (χ1v) is 7.97. The molecule has 2 aromatic rings. The van der Waals surface area contributed by atoms with E-state index in [2.05, 4.69) is 5.32 Å². The summed E-state index contributed by atoms with van der Waals surface area (Å²) in [5.41, 5.74) is 1.13. The second-order valence-corrected chi connectivity index (χ2v) is 5.44. The molecule has 2 aromatic carbocycles. The molecule has 0 atom stereocenters. The summed E-state index contributed by atoms with van der Waals surface area (Å²) in [6.07, 6.45) is 0. The normalized spacial score (nSPS) is 9.84. The number of carbonyl (C=O) groups excluding carboxylic acids is 1. The predicted octanol–water partition coefficient (Wildman–Crippen LogP) is 2.74. The minimum Gasteiger partial charge on any atom is -0.492 e. The predicted molar refractivity (Wildman–Crippen MR) is 102 cm³/mol. The number of hydrogen-bond donors (Lipinski definition) is 1. The molecule has 0 spiro atoms. The van der Waals surface area contributed by atoms with Gasteiger partial charge in [-0.05, 0) is 36.9 Å². The van der Waals surface area contributed by atoms with E-state index in [4.69, 9.17) is 9.47 Å². The first-order valence-electron chi connectivity index (χ1n) is 7.97. The fourth-order valence-corrected chi connectivity index (χ4v) is 2.08. The third-order valence-electron chi connectivity index (χ3n) is 3.52. The highest BCUT2D eigenvalue weighted by atomic mass is 35.5. The molecule has 25 heavy (non-hydrogen) atoms. The van der Waals surface area contributed by atoms with Crippen LogP contribution < -0.4 is 14.8 Å². The molecule has 136 valence electrons. The van der Waals surface area contributed by atoms with Crippen LogP contribution >= 0.6 is 12.4 Å². The van der Waals surface area contributed by atoms with Crippen molar-refractivity contribution in [1.29, 1.82) is 0 Å². The maximum Gasteiger partial charge on any atom is 0.236 e. The van der Waals surface area contributed by atoms with Crippen molar-refractivity contribution >= 4 is 18.3 Å². The van der Waals surface area contributed by atoms with E-state index in [0.717, 1.165) is 17.1 Å². The lowest BCUT2D eigenvalue weighted by Crippen LogP contribution is -2.36. The Morgan fingerprint density at radius 2 is 1.60 bits per heavy atom. The molecule has 2 rings (SSSR count). The molecule has 0 aliphatic rings. The second kappa shape index (κ2) is 11.3. The number of benzene rings is 2. The molecule has 0 bridgehead atoms. The highest BCUT2D eigenvalue weighted by molar-refractivity contribution is 5.85. The van der Waals surface area contributed by atoms with E-state index in [1.54, 1.807) is 19.0 Å². The molecule has 0 saturated carbocycles. The smallest absolute Gasteiger partial charge is 0.236 e. The average molecular weight is 365 g/mol. The Morgan fingerprint density at radius 1 is 1.00 bits per heavy atom. The minimum atomic E-state index is 0. The molecule has 6 heteroatoms. The van der Waals surface area contributed by atoms with Crippen LogP contribution in [0.15, 0.2) is 54.6 Å². The second-order valence-electron chi connectivity index (χ2n) is 5.44. The number of hydrogen-bond acceptors (Lipinski definition) is 4. The van der Waals surface area contributed by atoms with Gasteiger partial charge in [0.05, 0.1) is 13.1 Å². The Hall–Kier alpha value is -2.24. The molecule has 5 nitrogen and oxygen atoms in total. The first-order chi connectivity index (χ1) is 11.7. The number of carbonyl (C=O) groups is 1. The van der Waals surface area contributed by atoms with Crippen molar-refractivity contribution in [2.75, 3.05) is 33.8 Å². The summed E-state index contributed by atoms with van der Waals surface area (Å²) in [5.74, 6) is 1.61. The van der Waals surface area contributed by atoms with Gasteiger partial charge in [-0.2, -0.15) is 0 Å². The topological polar surface area (TPSA) is 50.8 Å². The van der Waals surface area contributed by atoms with Crippen LogP contribution in [0.3, 0.4) is 0 Å². The number of nitrogens with zero attached hydrogens (tertiary/aromatic N) is 1. The van der Waals surface area contributed by atoms with Crippen LogP contribution in [0.4, 0.5) is 0 Å². The Balaban J connectivity index is 0.00000312. The number of nitrogens with one attached hydrogen (secondary N) is 1. The van der Waals surface area contributed by atoms with E-state index in [1.165, 1.54) is 0 Å². The lowest BCUT2D eigenvalue weighted by molar-refractivity contribution is -0.129. The third kappa shape index (κ3) is 7.45. The molecular weight excluding hydrogens is 340 g/mol. The van der Waals surface area contributed by atoms with E-state index in [-0.39, 0.29) is 18.3 Å². The van der Waals surface area contributed by atoms with Crippen molar-refractivity contribution in [3.63, 3.8) is 0 Å². The molecule has 0 aromatic heterocycles. The van der Waals surface area contributed by atoms with Crippen molar-refractivity contribution in [3.05, 3.63) is 60.2 Å². The van der Waals surface area contributed by atoms with Gasteiger partial charge in [-0.15, -0.1) is 12.4 Å². The quantitative estimate of drug-likeness (QED) is 0.743. The molecule has 0 heterocycles. The van der Waals surface area contributed by atoms with Crippen LogP contribution in [0, 0.1) is 0 Å². The number of halogens is 1. The van der Waals surface area contributed by atoms with Crippen molar-refractivity contribution in [3.8, 4) is 11.5 Å². The van der Waals surface area contributed by atoms with Crippen molar-refractivity contribution in [2.45, 2.75) is 6.61 Å². The van der Waals surface area contributed by atoms with Gasteiger partial charge in [-0.3, -0.25) is 4.79 Å². The fourth-order valence-electron chi connectivity index (χ4n) is 2.08. The zero-order valence-corrected chi connectivity index (χ0v) is 15.4. The minimum absolute atomic E-state index is 0. The van der Waals surface area contributed by atoms with Crippen LogP contribution in [0.2, 0.25) is 0 Å². The van der Waals surface area contributed by atoms with Crippen molar-refractivity contribution in [2.24, 2.45) is 0 Å². The summed E-state index contributed by atoms with van der Waals surface area (Å²) in [4.78, 5) is 13.3. The number of amides is 1. The van der Waals surface area contributed by atoms with Gasteiger partial charge in [0.25, 0.3) is 0 Å². The zero-order chi connectivity index (χ0) is 17.2. The highest BCUT2D eigenvalue weighted by Crippen LogP contribution is 2.18. The Morgan fingerprint density at radius 3 is 2.20 bits per heavy atom. The Kier molecular flexibility index (Phi) is 9.43. The van der Waals surface area contributed by atoms with Gasteiger partial charge in [-0.1, -0.05) is 30.3 Å². The van der Waals surface area contributed by atoms with Gasteiger partial charge >= 0.3 is 0 Å². The molecule has 1 N–H and O–H groups in total. The fraction of sp³-hybridized carbons (Fsp3) is 0.316. The van der Waals surface area contributed by atoms with Gasteiger partial charge in [0.2, 0.25) is 5.91 Å². The van der Waals surface area contributed by atoms with E-state index in [1.807, 2.05) is 54.6 Å². The van der Waals surface area contributed by atoms with Crippen LogP contribution in [-0.2, 0) is 11.4 Å². The summed E-state index contributed by atoms with van der Waals surface area (Å²) in [6, 6.07) is 17.5. The largest absolute Gasteiger partial charge is 0.492 e. The SMILES string of the molecule is CNCC(=O)N(C)CCOc1ccc(OCc2ccccc2)cc1.Cl. The highest BCUT2D eigenvalue weighted by Gasteiger charge is 2.06. The van der Waals surface area contributed by atoms with Gasteiger partial charge in [-0.25, -0.2) is 0 Å². The maximum atomic E-state index is 11.6. The molecule has 0 unspecified atom stereocenters. The van der Waals surface area contributed by atoms with Crippen molar-refractivity contribution in [1.82, 2.24) is 10.2 Å². The zero-order valence-electron chi connectivity index (χ0n) is 14.6. The van der Waals surface area contributed by atoms with Gasteiger partial charge in [0.1, 0.15) is 24.7 Å². The number of likely N-dealkylation sites (N-methyl/N-ethyl adjacent to an activating group) is 2. The summed E-state index contributed by atoms with van der Waals surface area (Å²) < 4.78 is 11.4. The molecule has 0 aliphatic carbocycles. The first kappa shape index (κ1) is 20.8. The summed E-state index contributed by atoms with van der Waals surface area (Å²) in [5, 5.41) is 2.84. The van der Waals surface area contributed by atoms with Gasteiger partial charge < -0.3 is 19.7 Å². The van der Waals surface area contributed by atoms with Crippen LogP contribution in [0.25, 0.3) is 0 Å². The maximum absolute atomic E-state index is 11.6. The molecule has 0 saturated heterocycles. The Labute approximate surface area is 155 Å². The van der Waals surface area contributed by atoms with Gasteiger partial charge in [0, 0.05) is 7.05 Å². The molecular formula is C19H25ClN2O3. The number of rotatable bonds is 9. The van der Waals surface area contributed by atoms with E-state index in [9.17, 15) is 4.79 Å². The molecule has 0 radical (unpaired) electrons. The summed E-state index contributed by atoms with van der Waals surface area (Å²) >= 11 is 0. The molecule has 0 aliphatic heterocycles. The average Bonchev–Trinajstić information content (AvgIpc) is 2.62. The molecule has 1 amide bonds. The van der Waals surface area contributed by atoms with Crippen LogP contribution in [-0.4, -0.2) is 44.6 Å². The lowest BCUT2D eigenvalue weighted by atomic mass is 10.2. The van der Waals surface area contributed by atoms with E-state index >= 15 is 0 Å². The van der Waals surface area contributed by atoms with E-state index in [0.29, 0.717) is 26.3 Å². The van der Waals surface area contributed by atoms with E-state index < -0.39 is 0 Å².